The smallest absolute Gasteiger partial charge is 0.277 e. The van der Waals surface area contributed by atoms with Crippen molar-refractivity contribution in [1.29, 1.82) is 0 Å². The van der Waals surface area contributed by atoms with Crippen LogP contribution in [0.4, 0.5) is 17.2 Å². The molecule has 3 N–H and O–H groups in total. The summed E-state index contributed by atoms with van der Waals surface area (Å²) in [5.41, 5.74) is 2.56. The van der Waals surface area contributed by atoms with Crippen LogP contribution in [0, 0.1) is 0 Å². The number of benzene rings is 1. The molecular weight excluding hydrogens is 454 g/mol. The molecule has 1 aromatic carbocycles. The number of aryl methyl sites for hydroxylation is 1. The van der Waals surface area contributed by atoms with Gasteiger partial charge in [-0.05, 0) is 50.8 Å². The minimum Gasteiger partial charge on any atom is -0.493 e. The number of hydrogen-bond donors (Lipinski definition) is 3. The number of nitrogens with one attached hydrogen (secondary N) is 3. The van der Waals surface area contributed by atoms with E-state index >= 15 is 0 Å². The Labute approximate surface area is 202 Å². The van der Waals surface area contributed by atoms with E-state index in [0.717, 1.165) is 13.1 Å². The maximum atomic E-state index is 12.8. The Bertz CT molecular complexity index is 1330. The largest absolute Gasteiger partial charge is 0.493 e. The Kier molecular flexibility index (Phi) is 6.93. The molecule has 0 bridgehead atoms. The van der Waals surface area contributed by atoms with Gasteiger partial charge in [-0.2, -0.15) is 0 Å². The Hall–Kier alpha value is -3.72. The first kappa shape index (κ1) is 23.4. The summed E-state index contributed by atoms with van der Waals surface area (Å²) in [5.74, 6) is 1.51. The predicted molar refractivity (Wildman–Crippen MR) is 138 cm³/mol. The van der Waals surface area contributed by atoms with Crippen LogP contribution in [0.5, 0.6) is 5.75 Å². The molecule has 2 aromatic heterocycles. The summed E-state index contributed by atoms with van der Waals surface area (Å²) < 4.78 is 6.83. The van der Waals surface area contributed by atoms with Crippen LogP contribution >= 0.6 is 11.6 Å². The number of allylic oxidation sites excluding steroid dienone is 3. The molecule has 4 rings (SSSR count). The minimum absolute atomic E-state index is 0.209. The van der Waals surface area contributed by atoms with E-state index in [-0.39, 0.29) is 5.56 Å². The van der Waals surface area contributed by atoms with Crippen molar-refractivity contribution in [1.82, 2.24) is 19.7 Å². The van der Waals surface area contributed by atoms with Crippen LogP contribution in [0.25, 0.3) is 11.0 Å². The zero-order chi connectivity index (χ0) is 24.2. The first-order valence-corrected chi connectivity index (χ1v) is 11.4. The van der Waals surface area contributed by atoms with Crippen molar-refractivity contribution in [3.63, 3.8) is 0 Å². The molecule has 0 amide bonds. The molecule has 0 aliphatic carbocycles. The zero-order valence-corrected chi connectivity index (χ0v) is 20.2. The normalized spacial score (nSPS) is 14.5. The maximum Gasteiger partial charge on any atom is 0.277 e. The number of ether oxygens (including phenoxy) is 1. The SMILES string of the molecule is C=N/C(=C\C=C(/C)N1CCCC1)Nc1cc(Nc2cccc(Cl)c2OC)c2c(=O)n(C)[nH]c2n1. The van der Waals surface area contributed by atoms with Crippen LogP contribution in [0.3, 0.4) is 0 Å². The number of likely N-dealkylation sites (tertiary alicyclic amines) is 1. The fraction of sp³-hybridized carbons (Fsp3) is 0.292. The lowest BCUT2D eigenvalue weighted by molar-refractivity contribution is 0.417. The lowest BCUT2D eigenvalue weighted by Crippen LogP contribution is -2.16. The summed E-state index contributed by atoms with van der Waals surface area (Å²) >= 11 is 6.28. The third kappa shape index (κ3) is 4.79. The van der Waals surface area contributed by atoms with Gasteiger partial charge in [0.25, 0.3) is 5.56 Å². The molecule has 0 saturated carbocycles. The third-order valence-corrected chi connectivity index (χ3v) is 6.06. The van der Waals surface area contributed by atoms with Crippen molar-refractivity contribution in [2.45, 2.75) is 19.8 Å². The van der Waals surface area contributed by atoms with E-state index in [9.17, 15) is 4.79 Å². The molecule has 0 radical (unpaired) electrons. The summed E-state index contributed by atoms with van der Waals surface area (Å²) in [4.78, 5) is 23.8. The molecule has 0 atom stereocenters. The Balaban J connectivity index is 1.71. The van der Waals surface area contributed by atoms with Gasteiger partial charge in [0.15, 0.2) is 11.4 Å². The van der Waals surface area contributed by atoms with E-state index in [1.165, 1.54) is 23.2 Å². The zero-order valence-electron chi connectivity index (χ0n) is 19.5. The molecule has 34 heavy (non-hydrogen) atoms. The highest BCUT2D eigenvalue weighted by atomic mass is 35.5. The second kappa shape index (κ2) is 10.0. The monoisotopic (exact) mass is 481 g/mol. The highest BCUT2D eigenvalue weighted by Gasteiger charge is 2.16. The predicted octanol–water partition coefficient (Wildman–Crippen LogP) is 4.62. The second-order valence-corrected chi connectivity index (χ2v) is 8.44. The number of hydrogen-bond acceptors (Lipinski definition) is 7. The van der Waals surface area contributed by atoms with Gasteiger partial charge in [0.2, 0.25) is 0 Å². The Morgan fingerprint density at radius 3 is 2.76 bits per heavy atom. The van der Waals surface area contributed by atoms with Crippen LogP contribution < -0.4 is 20.9 Å². The molecule has 10 heteroatoms. The van der Waals surface area contributed by atoms with Gasteiger partial charge in [-0.15, -0.1) is 0 Å². The fourth-order valence-electron chi connectivity index (χ4n) is 3.98. The van der Waals surface area contributed by atoms with Crippen LogP contribution in [-0.4, -0.2) is 46.6 Å². The molecular formula is C24H28ClN7O2. The molecule has 1 aliphatic heterocycles. The van der Waals surface area contributed by atoms with Crippen molar-refractivity contribution in [3.05, 3.63) is 63.3 Å². The fourth-order valence-corrected chi connectivity index (χ4v) is 4.23. The topological polar surface area (TPSA) is 99.6 Å². The first-order chi connectivity index (χ1) is 16.4. The molecule has 178 valence electrons. The molecule has 1 aliphatic rings. The van der Waals surface area contributed by atoms with Gasteiger partial charge in [-0.1, -0.05) is 17.7 Å². The van der Waals surface area contributed by atoms with E-state index in [1.54, 1.807) is 32.4 Å². The van der Waals surface area contributed by atoms with Gasteiger partial charge in [-0.3, -0.25) is 14.6 Å². The quantitative estimate of drug-likeness (QED) is 0.320. The van der Waals surface area contributed by atoms with Crippen LogP contribution in [0.1, 0.15) is 19.8 Å². The number of aliphatic imine (C=N–C) groups is 1. The number of methoxy groups -OCH3 is 1. The van der Waals surface area contributed by atoms with E-state index in [1.807, 2.05) is 18.2 Å². The number of anilines is 3. The summed E-state index contributed by atoms with van der Waals surface area (Å²) in [6.45, 7) is 7.90. The lowest BCUT2D eigenvalue weighted by Gasteiger charge is -2.17. The summed E-state index contributed by atoms with van der Waals surface area (Å²) in [6, 6.07) is 7.11. The number of H-pyrrole nitrogens is 1. The Morgan fingerprint density at radius 1 is 1.29 bits per heavy atom. The van der Waals surface area contributed by atoms with Crippen molar-refractivity contribution in [2.24, 2.45) is 12.0 Å². The lowest BCUT2D eigenvalue weighted by atomic mass is 10.2. The van der Waals surface area contributed by atoms with E-state index in [0.29, 0.717) is 44.8 Å². The van der Waals surface area contributed by atoms with Gasteiger partial charge < -0.3 is 20.3 Å². The van der Waals surface area contributed by atoms with Gasteiger partial charge in [0.05, 0.1) is 23.5 Å². The number of fused-ring (bicyclic) bond motifs is 1. The van der Waals surface area contributed by atoms with E-state index < -0.39 is 0 Å². The van der Waals surface area contributed by atoms with Crippen molar-refractivity contribution >= 4 is 46.5 Å². The number of aromatic nitrogens is 3. The third-order valence-electron chi connectivity index (χ3n) is 5.77. The van der Waals surface area contributed by atoms with Gasteiger partial charge in [0, 0.05) is 31.9 Å². The summed E-state index contributed by atoms with van der Waals surface area (Å²) in [6.07, 6.45) is 6.31. The van der Waals surface area contributed by atoms with Crippen LogP contribution in [0.2, 0.25) is 5.02 Å². The Morgan fingerprint density at radius 2 is 2.06 bits per heavy atom. The van der Waals surface area contributed by atoms with Crippen molar-refractivity contribution in [3.8, 4) is 5.75 Å². The van der Waals surface area contributed by atoms with Gasteiger partial charge >= 0.3 is 0 Å². The molecule has 9 nitrogen and oxygen atoms in total. The molecule has 0 unspecified atom stereocenters. The first-order valence-electron chi connectivity index (χ1n) is 11.0. The van der Waals surface area contributed by atoms with E-state index in [4.69, 9.17) is 16.3 Å². The highest BCUT2D eigenvalue weighted by molar-refractivity contribution is 6.32. The average Bonchev–Trinajstić information content (AvgIpc) is 3.45. The number of pyridine rings is 1. The van der Waals surface area contributed by atoms with Crippen LogP contribution in [-0.2, 0) is 7.05 Å². The number of para-hydroxylation sites is 1. The summed E-state index contributed by atoms with van der Waals surface area (Å²) in [5, 5.41) is 10.3. The number of nitrogens with zero attached hydrogens (tertiary/aromatic N) is 4. The highest BCUT2D eigenvalue weighted by Crippen LogP contribution is 2.36. The van der Waals surface area contributed by atoms with Gasteiger partial charge in [0.1, 0.15) is 17.0 Å². The van der Waals surface area contributed by atoms with Crippen LogP contribution in [0.15, 0.2) is 57.7 Å². The molecule has 1 saturated heterocycles. The molecule has 3 heterocycles. The van der Waals surface area contributed by atoms with Gasteiger partial charge in [-0.25, -0.2) is 9.98 Å². The number of aromatic amines is 1. The number of rotatable bonds is 8. The molecule has 1 fully saturated rings. The average molecular weight is 482 g/mol. The van der Waals surface area contributed by atoms with Crippen molar-refractivity contribution < 1.29 is 4.74 Å². The second-order valence-electron chi connectivity index (χ2n) is 8.04. The van der Waals surface area contributed by atoms with E-state index in [2.05, 4.69) is 44.2 Å². The standard InChI is InChI=1S/C24H28ClN7O2/c1-15(32-12-5-6-13-32)10-11-19(26-2)28-20-14-18(21-23(29-20)30-31(3)24(21)33)27-17-9-7-8-16(25)22(17)34-4/h7-11,14H,2,5-6,12-13H2,1,3-4H3,(H3,27,28,29,30)/b15-10+,19-11+. The minimum atomic E-state index is -0.209. The van der Waals surface area contributed by atoms with Crippen molar-refractivity contribution in [2.75, 3.05) is 30.8 Å². The molecule has 3 aromatic rings. The summed E-state index contributed by atoms with van der Waals surface area (Å²) in [7, 11) is 3.19. The number of halogens is 1. The maximum absolute atomic E-state index is 12.8. The molecule has 0 spiro atoms.